The van der Waals surface area contributed by atoms with Gasteiger partial charge >= 0.3 is 5.97 Å². The van der Waals surface area contributed by atoms with Crippen LogP contribution in [0.15, 0.2) is 24.3 Å². The second kappa shape index (κ2) is 4.99. The van der Waals surface area contributed by atoms with Crippen molar-refractivity contribution in [1.29, 1.82) is 0 Å². The van der Waals surface area contributed by atoms with E-state index in [-0.39, 0.29) is 6.42 Å². The molecule has 1 aromatic carbocycles. The molecular formula is C12H16O4. The van der Waals surface area contributed by atoms with Gasteiger partial charge in [-0.15, -0.1) is 0 Å². The molecule has 0 radical (unpaired) electrons. The van der Waals surface area contributed by atoms with Gasteiger partial charge in [0.1, 0.15) is 11.4 Å². The van der Waals surface area contributed by atoms with E-state index in [1.165, 1.54) is 7.11 Å². The summed E-state index contributed by atoms with van der Waals surface area (Å²) in [6, 6.07) is 7.23. The van der Waals surface area contributed by atoms with Crippen molar-refractivity contribution in [1.82, 2.24) is 0 Å². The van der Waals surface area contributed by atoms with Crippen molar-refractivity contribution in [2.45, 2.75) is 18.9 Å². The number of carboxylic acids is 1. The van der Waals surface area contributed by atoms with Gasteiger partial charge in [-0.05, 0) is 24.6 Å². The Morgan fingerprint density at radius 3 is 2.62 bits per heavy atom. The molecule has 4 nitrogen and oxygen atoms in total. The van der Waals surface area contributed by atoms with E-state index in [9.17, 15) is 4.79 Å². The molecule has 88 valence electrons. The predicted octanol–water partition coefficient (Wildman–Crippen LogP) is 2.03. The van der Waals surface area contributed by atoms with Crippen molar-refractivity contribution in [2.24, 2.45) is 0 Å². The number of benzene rings is 1. The van der Waals surface area contributed by atoms with Crippen LogP contribution in [0.4, 0.5) is 0 Å². The van der Waals surface area contributed by atoms with Crippen LogP contribution in [-0.2, 0) is 15.1 Å². The zero-order valence-electron chi connectivity index (χ0n) is 9.69. The SMILES string of the molecule is COc1cccc(C(C)(CC(=O)O)OC)c1. The summed E-state index contributed by atoms with van der Waals surface area (Å²) in [7, 11) is 3.07. The number of carbonyl (C=O) groups is 1. The van der Waals surface area contributed by atoms with Crippen LogP contribution >= 0.6 is 0 Å². The molecule has 1 rings (SSSR count). The minimum atomic E-state index is -0.896. The number of hydrogen-bond donors (Lipinski definition) is 1. The standard InChI is InChI=1S/C12H16O4/c1-12(16-3,8-11(13)14)9-5-4-6-10(7-9)15-2/h4-7H,8H2,1-3H3,(H,13,14). The maximum atomic E-state index is 10.8. The lowest BCUT2D eigenvalue weighted by molar-refractivity contribution is -0.143. The molecule has 0 aliphatic rings. The molecule has 1 atom stereocenters. The third-order valence-electron chi connectivity index (χ3n) is 2.62. The van der Waals surface area contributed by atoms with E-state index >= 15 is 0 Å². The Morgan fingerprint density at radius 2 is 2.12 bits per heavy atom. The van der Waals surface area contributed by atoms with Crippen LogP contribution in [0.2, 0.25) is 0 Å². The molecule has 0 fully saturated rings. The highest BCUT2D eigenvalue weighted by molar-refractivity contribution is 5.68. The van der Waals surface area contributed by atoms with Crippen LogP contribution in [-0.4, -0.2) is 25.3 Å². The van der Waals surface area contributed by atoms with E-state index in [0.29, 0.717) is 5.75 Å². The molecule has 0 saturated heterocycles. The van der Waals surface area contributed by atoms with Gasteiger partial charge in [0.15, 0.2) is 0 Å². The third-order valence-corrected chi connectivity index (χ3v) is 2.62. The van der Waals surface area contributed by atoms with Crippen molar-refractivity contribution in [3.63, 3.8) is 0 Å². The largest absolute Gasteiger partial charge is 0.497 e. The number of carboxylic acid groups (broad SMARTS) is 1. The average Bonchev–Trinajstić information content (AvgIpc) is 2.28. The van der Waals surface area contributed by atoms with Gasteiger partial charge in [-0.25, -0.2) is 0 Å². The zero-order chi connectivity index (χ0) is 12.2. The lowest BCUT2D eigenvalue weighted by atomic mass is 9.92. The van der Waals surface area contributed by atoms with Gasteiger partial charge in [0.2, 0.25) is 0 Å². The van der Waals surface area contributed by atoms with Gasteiger partial charge < -0.3 is 14.6 Å². The zero-order valence-corrected chi connectivity index (χ0v) is 9.69. The second-order valence-corrected chi connectivity index (χ2v) is 3.74. The normalized spacial score (nSPS) is 14.2. The van der Waals surface area contributed by atoms with Crippen molar-refractivity contribution in [2.75, 3.05) is 14.2 Å². The molecule has 0 aliphatic carbocycles. The van der Waals surface area contributed by atoms with Crippen LogP contribution in [0.1, 0.15) is 18.9 Å². The van der Waals surface area contributed by atoms with E-state index < -0.39 is 11.6 Å². The number of hydrogen-bond acceptors (Lipinski definition) is 3. The van der Waals surface area contributed by atoms with Crippen molar-refractivity contribution in [3.8, 4) is 5.75 Å². The summed E-state index contributed by atoms with van der Waals surface area (Å²) in [5.74, 6) is -0.210. The van der Waals surface area contributed by atoms with E-state index in [1.807, 2.05) is 12.1 Å². The fourth-order valence-corrected chi connectivity index (χ4v) is 1.53. The molecule has 0 aromatic heterocycles. The van der Waals surface area contributed by atoms with Gasteiger partial charge in [-0.1, -0.05) is 12.1 Å². The quantitative estimate of drug-likeness (QED) is 0.831. The number of ether oxygens (including phenoxy) is 2. The first-order valence-corrected chi connectivity index (χ1v) is 4.93. The van der Waals surface area contributed by atoms with E-state index in [4.69, 9.17) is 14.6 Å². The highest BCUT2D eigenvalue weighted by Gasteiger charge is 2.29. The Morgan fingerprint density at radius 1 is 1.44 bits per heavy atom. The minimum absolute atomic E-state index is 0.0866. The maximum Gasteiger partial charge on any atom is 0.306 e. The second-order valence-electron chi connectivity index (χ2n) is 3.74. The molecule has 0 aliphatic heterocycles. The summed E-state index contributed by atoms with van der Waals surface area (Å²) >= 11 is 0. The van der Waals surface area contributed by atoms with Crippen LogP contribution in [0.3, 0.4) is 0 Å². The Bertz CT molecular complexity index is 375. The highest BCUT2D eigenvalue weighted by Crippen LogP contribution is 2.30. The number of methoxy groups -OCH3 is 2. The summed E-state index contributed by atoms with van der Waals surface area (Å²) in [6.45, 7) is 1.75. The fraction of sp³-hybridized carbons (Fsp3) is 0.417. The molecule has 1 unspecified atom stereocenters. The molecule has 0 bridgehead atoms. The number of rotatable bonds is 5. The average molecular weight is 224 g/mol. The van der Waals surface area contributed by atoms with Crippen LogP contribution in [0, 0.1) is 0 Å². The Kier molecular flexibility index (Phi) is 3.90. The van der Waals surface area contributed by atoms with Gasteiger partial charge in [0.25, 0.3) is 0 Å². The molecule has 0 amide bonds. The van der Waals surface area contributed by atoms with E-state index in [0.717, 1.165) is 5.56 Å². The molecule has 1 aromatic rings. The van der Waals surface area contributed by atoms with Gasteiger partial charge in [0, 0.05) is 7.11 Å². The summed E-state index contributed by atoms with van der Waals surface area (Å²) in [6.07, 6.45) is -0.0866. The summed E-state index contributed by atoms with van der Waals surface area (Å²) < 4.78 is 10.4. The first-order valence-electron chi connectivity index (χ1n) is 4.93. The topological polar surface area (TPSA) is 55.8 Å². The highest BCUT2D eigenvalue weighted by atomic mass is 16.5. The molecule has 0 spiro atoms. The first kappa shape index (κ1) is 12.5. The molecular weight excluding hydrogens is 208 g/mol. The molecule has 0 heterocycles. The van der Waals surface area contributed by atoms with E-state index in [2.05, 4.69) is 0 Å². The molecule has 4 heteroatoms. The number of aliphatic carboxylic acids is 1. The summed E-state index contributed by atoms with van der Waals surface area (Å²) in [5, 5.41) is 8.86. The van der Waals surface area contributed by atoms with Gasteiger partial charge in [-0.2, -0.15) is 0 Å². The third kappa shape index (κ3) is 2.73. The fourth-order valence-electron chi connectivity index (χ4n) is 1.53. The van der Waals surface area contributed by atoms with Crippen molar-refractivity contribution >= 4 is 5.97 Å². The Balaban J connectivity index is 3.06. The van der Waals surface area contributed by atoms with Crippen LogP contribution in [0.25, 0.3) is 0 Å². The van der Waals surface area contributed by atoms with Gasteiger partial charge in [0.05, 0.1) is 13.5 Å². The lowest BCUT2D eigenvalue weighted by Gasteiger charge is -2.27. The Hall–Kier alpha value is -1.55. The smallest absolute Gasteiger partial charge is 0.306 e. The Labute approximate surface area is 94.8 Å². The van der Waals surface area contributed by atoms with Crippen molar-refractivity contribution < 1.29 is 19.4 Å². The monoisotopic (exact) mass is 224 g/mol. The maximum absolute atomic E-state index is 10.8. The van der Waals surface area contributed by atoms with Gasteiger partial charge in [-0.3, -0.25) is 4.79 Å². The molecule has 1 N–H and O–H groups in total. The van der Waals surface area contributed by atoms with Crippen molar-refractivity contribution in [3.05, 3.63) is 29.8 Å². The molecule has 16 heavy (non-hydrogen) atoms. The van der Waals surface area contributed by atoms with E-state index in [1.54, 1.807) is 26.2 Å². The molecule has 0 saturated carbocycles. The summed E-state index contributed by atoms with van der Waals surface area (Å²) in [5.41, 5.74) is -0.0443. The van der Waals surface area contributed by atoms with Crippen LogP contribution < -0.4 is 4.74 Å². The van der Waals surface area contributed by atoms with Crippen LogP contribution in [0.5, 0.6) is 5.75 Å². The summed E-state index contributed by atoms with van der Waals surface area (Å²) in [4.78, 5) is 10.8. The first-order chi connectivity index (χ1) is 7.51. The lowest BCUT2D eigenvalue weighted by Crippen LogP contribution is -2.27. The minimum Gasteiger partial charge on any atom is -0.497 e. The predicted molar refractivity (Wildman–Crippen MR) is 59.6 cm³/mol.